The van der Waals surface area contributed by atoms with Crippen LogP contribution in [0.1, 0.15) is 30.7 Å². The summed E-state index contributed by atoms with van der Waals surface area (Å²) in [5.41, 5.74) is 1.12. The molecule has 0 amide bonds. The largest absolute Gasteiger partial charge is 0.467 e. The van der Waals surface area contributed by atoms with E-state index in [1.54, 1.807) is 36.4 Å². The third kappa shape index (κ3) is 4.26. The van der Waals surface area contributed by atoms with Crippen molar-refractivity contribution >= 4 is 31.4 Å². The van der Waals surface area contributed by atoms with Crippen molar-refractivity contribution in [3.05, 3.63) is 84.1 Å². The lowest BCUT2D eigenvalue weighted by atomic mass is 10.0. The van der Waals surface area contributed by atoms with Crippen molar-refractivity contribution in [3.63, 3.8) is 0 Å². The van der Waals surface area contributed by atoms with E-state index in [-0.39, 0.29) is 17.1 Å². The third-order valence-electron chi connectivity index (χ3n) is 4.99. The Morgan fingerprint density at radius 3 is 2.44 bits per heavy atom. The zero-order valence-electron chi connectivity index (χ0n) is 17.0. The second-order valence-electron chi connectivity index (χ2n) is 7.06. The van der Waals surface area contributed by atoms with Crippen LogP contribution in [0.5, 0.6) is 0 Å². The second kappa shape index (κ2) is 8.40. The normalized spacial score (nSPS) is 16.8. The van der Waals surface area contributed by atoms with Crippen LogP contribution in [0.2, 0.25) is 0 Å². The molecule has 1 atom stereocenters. The molecule has 0 unspecified atom stereocenters. The van der Waals surface area contributed by atoms with Gasteiger partial charge in [0.05, 0.1) is 28.3 Å². The minimum atomic E-state index is -4.14. The van der Waals surface area contributed by atoms with E-state index >= 15 is 0 Å². The fourth-order valence-electron chi connectivity index (χ4n) is 3.34. The molecule has 0 saturated heterocycles. The number of hydrogen-bond donors (Lipinski definition) is 1. The van der Waals surface area contributed by atoms with Crippen LogP contribution < -0.4 is 4.72 Å². The summed E-state index contributed by atoms with van der Waals surface area (Å²) in [6.07, 6.45) is 1.58. The molecule has 1 aliphatic rings. The van der Waals surface area contributed by atoms with Crippen LogP contribution >= 0.6 is 0 Å². The van der Waals surface area contributed by atoms with Gasteiger partial charge in [-0.15, -0.1) is 0 Å². The van der Waals surface area contributed by atoms with Crippen LogP contribution in [0, 0.1) is 5.82 Å². The number of para-hydroxylation sites is 1. The quantitative estimate of drug-likeness (QED) is 0.558. The predicted molar refractivity (Wildman–Crippen MR) is 118 cm³/mol. The lowest BCUT2D eigenvalue weighted by Gasteiger charge is -2.21. The zero-order valence-corrected chi connectivity index (χ0v) is 18.6. The van der Waals surface area contributed by atoms with Gasteiger partial charge in [-0.2, -0.15) is 17.9 Å². The van der Waals surface area contributed by atoms with Crippen molar-refractivity contribution in [2.45, 2.75) is 24.3 Å². The van der Waals surface area contributed by atoms with Gasteiger partial charge in [0.15, 0.2) is 0 Å². The van der Waals surface area contributed by atoms with E-state index in [9.17, 15) is 21.2 Å². The number of hydrazone groups is 1. The van der Waals surface area contributed by atoms with Crippen LogP contribution in [-0.2, 0) is 20.0 Å². The van der Waals surface area contributed by atoms with Gasteiger partial charge in [0.1, 0.15) is 17.6 Å². The molecule has 32 heavy (non-hydrogen) atoms. The maximum absolute atomic E-state index is 13.3. The maximum atomic E-state index is 13.3. The molecule has 0 aliphatic carbocycles. The first-order chi connectivity index (χ1) is 15.2. The highest BCUT2D eigenvalue weighted by Crippen LogP contribution is 2.38. The summed E-state index contributed by atoms with van der Waals surface area (Å²) in [6, 6.07) is 13.6. The highest BCUT2D eigenvalue weighted by Gasteiger charge is 2.39. The van der Waals surface area contributed by atoms with Crippen molar-refractivity contribution in [2.75, 3.05) is 10.5 Å². The Morgan fingerprint density at radius 1 is 1.06 bits per heavy atom. The SMILES string of the molecule is CCS(=O)(=O)Nc1ccccc1C1=NN(S(=O)(=O)c2ccc(F)cc2)[C@H](c2ccco2)C1. The molecule has 0 radical (unpaired) electrons. The molecule has 0 fully saturated rings. The van der Waals surface area contributed by atoms with E-state index < -0.39 is 31.9 Å². The van der Waals surface area contributed by atoms with Gasteiger partial charge in [-0.05, 0) is 49.4 Å². The topological polar surface area (TPSA) is 109 Å². The van der Waals surface area contributed by atoms with Crippen LogP contribution in [0.25, 0.3) is 0 Å². The number of nitrogens with zero attached hydrogens (tertiary/aromatic N) is 2. The Morgan fingerprint density at radius 2 is 1.78 bits per heavy atom. The molecule has 8 nitrogen and oxygen atoms in total. The van der Waals surface area contributed by atoms with E-state index in [0.717, 1.165) is 16.5 Å². The number of halogens is 1. The summed E-state index contributed by atoms with van der Waals surface area (Å²) in [6.45, 7) is 1.52. The number of hydrogen-bond acceptors (Lipinski definition) is 6. The zero-order chi connectivity index (χ0) is 22.9. The van der Waals surface area contributed by atoms with Crippen molar-refractivity contribution in [2.24, 2.45) is 5.10 Å². The first kappa shape index (κ1) is 22.0. The molecule has 3 aromatic rings. The highest BCUT2D eigenvalue weighted by molar-refractivity contribution is 7.92. The lowest BCUT2D eigenvalue weighted by molar-refractivity contribution is 0.320. The number of rotatable bonds is 7. The molecule has 0 saturated carbocycles. The second-order valence-corrected chi connectivity index (χ2v) is 10.9. The molecule has 0 bridgehead atoms. The number of nitrogens with one attached hydrogen (secondary N) is 1. The standard InChI is InChI=1S/C21H20FN3O5S2/c1-2-31(26,27)24-18-7-4-3-6-17(18)19-14-20(21-8-5-13-30-21)25(23-19)32(28,29)16-11-9-15(22)10-12-16/h3-13,20,24H,2,14H2,1H3/t20-/m0/s1. The molecule has 11 heteroatoms. The highest BCUT2D eigenvalue weighted by atomic mass is 32.2. The number of anilines is 1. The van der Waals surface area contributed by atoms with E-state index in [4.69, 9.17) is 4.42 Å². The van der Waals surface area contributed by atoms with E-state index in [1.807, 2.05) is 0 Å². The van der Waals surface area contributed by atoms with Crippen LogP contribution in [0.3, 0.4) is 0 Å². The molecule has 1 aliphatic heterocycles. The molecule has 4 rings (SSSR count). The minimum absolute atomic E-state index is 0.117. The Kier molecular flexibility index (Phi) is 5.78. The van der Waals surface area contributed by atoms with Crippen molar-refractivity contribution < 1.29 is 25.6 Å². The van der Waals surface area contributed by atoms with Gasteiger partial charge in [-0.1, -0.05) is 18.2 Å². The van der Waals surface area contributed by atoms with Gasteiger partial charge in [0, 0.05) is 12.0 Å². The Bertz CT molecular complexity index is 1350. The van der Waals surface area contributed by atoms with E-state index in [0.29, 0.717) is 22.7 Å². The number of sulfonamides is 2. The van der Waals surface area contributed by atoms with Gasteiger partial charge in [0.2, 0.25) is 10.0 Å². The Labute approximate surface area is 185 Å². The lowest BCUT2D eigenvalue weighted by Crippen LogP contribution is -2.27. The van der Waals surface area contributed by atoms with Crippen LogP contribution in [0.4, 0.5) is 10.1 Å². The number of furan rings is 1. The average molecular weight is 478 g/mol. The van der Waals surface area contributed by atoms with Crippen LogP contribution in [-0.4, -0.2) is 32.7 Å². The summed E-state index contributed by atoms with van der Waals surface area (Å²) in [4.78, 5) is -0.125. The predicted octanol–water partition coefficient (Wildman–Crippen LogP) is 3.72. The van der Waals surface area contributed by atoms with Gasteiger partial charge in [-0.25, -0.2) is 12.8 Å². The summed E-state index contributed by atoms with van der Waals surface area (Å²) in [5, 5.41) is 4.36. The average Bonchev–Trinajstić information content (AvgIpc) is 3.44. The van der Waals surface area contributed by atoms with Gasteiger partial charge in [-0.3, -0.25) is 4.72 Å². The maximum Gasteiger partial charge on any atom is 0.279 e. The molecule has 1 aromatic heterocycles. The Hall–Kier alpha value is -3.18. The van der Waals surface area contributed by atoms with Crippen molar-refractivity contribution in [1.29, 1.82) is 0 Å². The first-order valence-electron chi connectivity index (χ1n) is 9.72. The van der Waals surface area contributed by atoms with Gasteiger partial charge in [0.25, 0.3) is 10.0 Å². The number of benzene rings is 2. The van der Waals surface area contributed by atoms with Crippen molar-refractivity contribution in [1.82, 2.24) is 4.41 Å². The van der Waals surface area contributed by atoms with Gasteiger partial charge >= 0.3 is 0 Å². The fraction of sp³-hybridized carbons (Fsp3) is 0.190. The minimum Gasteiger partial charge on any atom is -0.467 e. The van der Waals surface area contributed by atoms with E-state index in [1.165, 1.54) is 25.3 Å². The smallest absolute Gasteiger partial charge is 0.279 e. The monoisotopic (exact) mass is 477 g/mol. The molecule has 168 valence electrons. The summed E-state index contributed by atoms with van der Waals surface area (Å²) in [7, 11) is -7.70. The summed E-state index contributed by atoms with van der Waals surface area (Å²) >= 11 is 0. The van der Waals surface area contributed by atoms with Crippen LogP contribution in [0.15, 0.2) is 81.3 Å². The summed E-state index contributed by atoms with van der Waals surface area (Å²) < 4.78 is 73.1. The van der Waals surface area contributed by atoms with E-state index in [2.05, 4.69) is 9.82 Å². The first-order valence-corrected chi connectivity index (χ1v) is 12.8. The molecular weight excluding hydrogens is 457 g/mol. The summed E-state index contributed by atoms with van der Waals surface area (Å²) in [5.74, 6) is -0.302. The van der Waals surface area contributed by atoms with Crippen molar-refractivity contribution in [3.8, 4) is 0 Å². The molecule has 0 spiro atoms. The third-order valence-corrected chi connectivity index (χ3v) is 7.97. The molecule has 2 heterocycles. The Balaban J connectivity index is 1.80. The molecule has 1 N–H and O–H groups in total. The fourth-order valence-corrected chi connectivity index (χ4v) is 5.42. The molecule has 2 aromatic carbocycles. The molecular formula is C21H20FN3O5S2. The van der Waals surface area contributed by atoms with Gasteiger partial charge < -0.3 is 4.42 Å².